The third-order valence-corrected chi connectivity index (χ3v) is 10.7. The van der Waals surface area contributed by atoms with Gasteiger partial charge < -0.3 is 13.9 Å². The first kappa shape index (κ1) is 27.4. The van der Waals surface area contributed by atoms with Crippen LogP contribution in [-0.4, -0.2) is 8.97 Å². The molecular formula is C47H31N3. The molecular weight excluding hydrogens is 607 g/mol. The minimum absolute atomic E-state index is 1.12. The maximum atomic E-state index is 2.49. The normalized spacial score (nSPS) is 12.1. The van der Waals surface area contributed by atoms with Crippen molar-refractivity contribution in [3.05, 3.63) is 175 Å². The van der Waals surface area contributed by atoms with Gasteiger partial charge in [0.25, 0.3) is 0 Å². The van der Waals surface area contributed by atoms with E-state index in [4.69, 9.17) is 0 Å². The summed E-state index contributed by atoms with van der Waals surface area (Å²) < 4.78 is 4.95. The molecule has 0 aliphatic heterocycles. The molecule has 234 valence electrons. The van der Waals surface area contributed by atoms with Crippen LogP contribution in [-0.2, 0) is 0 Å². The molecule has 0 amide bonds. The zero-order chi connectivity index (χ0) is 32.9. The first-order chi connectivity index (χ1) is 24.7. The predicted octanol–water partition coefficient (Wildman–Crippen LogP) is 12.9. The van der Waals surface area contributed by atoms with Crippen LogP contribution in [0, 0.1) is 6.92 Å². The minimum Gasteiger partial charge on any atom is -0.310 e. The molecule has 11 rings (SSSR count). The SMILES string of the molecule is Cc1ccccc1N(c1ccccc1)c1ccc(-n2c3ccccc3c3ccc4cc5c6cccc7c8ccccc8n(c5cc4c32)c76)cc1. The number of aromatic nitrogens is 2. The smallest absolute Gasteiger partial charge is 0.0620 e. The second kappa shape index (κ2) is 10.2. The van der Waals surface area contributed by atoms with Gasteiger partial charge in [0.05, 0.1) is 27.6 Å². The van der Waals surface area contributed by atoms with Crippen LogP contribution in [0.1, 0.15) is 5.56 Å². The van der Waals surface area contributed by atoms with Crippen LogP contribution in [0.2, 0.25) is 0 Å². The molecule has 0 aliphatic rings. The number of anilines is 3. The molecule has 0 spiro atoms. The summed E-state index contributed by atoms with van der Waals surface area (Å²) in [5, 5.41) is 10.3. The van der Waals surface area contributed by atoms with Gasteiger partial charge in [-0.1, -0.05) is 103 Å². The van der Waals surface area contributed by atoms with E-state index in [0.29, 0.717) is 0 Å². The monoisotopic (exact) mass is 637 g/mol. The average molecular weight is 638 g/mol. The summed E-state index contributed by atoms with van der Waals surface area (Å²) in [6, 6.07) is 62.2. The molecule has 3 heterocycles. The Labute approximate surface area is 288 Å². The average Bonchev–Trinajstić information content (AvgIpc) is 3.81. The van der Waals surface area contributed by atoms with Crippen LogP contribution < -0.4 is 4.90 Å². The van der Waals surface area contributed by atoms with Gasteiger partial charge in [0, 0.05) is 60.5 Å². The Morgan fingerprint density at radius 1 is 0.400 bits per heavy atom. The summed E-state index contributed by atoms with van der Waals surface area (Å²) in [6.45, 7) is 2.18. The van der Waals surface area contributed by atoms with Crippen molar-refractivity contribution < 1.29 is 0 Å². The number of fused-ring (bicyclic) bond motifs is 11. The molecule has 0 saturated heterocycles. The highest BCUT2D eigenvalue weighted by atomic mass is 15.1. The van der Waals surface area contributed by atoms with Gasteiger partial charge in [-0.25, -0.2) is 0 Å². The number of nitrogens with zero attached hydrogens (tertiary/aromatic N) is 3. The number of rotatable bonds is 4. The van der Waals surface area contributed by atoms with Gasteiger partial charge in [-0.2, -0.15) is 0 Å². The van der Waals surface area contributed by atoms with Crippen LogP contribution in [0.3, 0.4) is 0 Å². The number of para-hydroxylation sites is 5. The van der Waals surface area contributed by atoms with Crippen LogP contribution in [0.15, 0.2) is 170 Å². The largest absolute Gasteiger partial charge is 0.310 e. The Kier molecular flexibility index (Phi) is 5.59. The van der Waals surface area contributed by atoms with E-state index in [1.54, 1.807) is 0 Å². The zero-order valence-electron chi connectivity index (χ0n) is 27.5. The summed E-state index contributed by atoms with van der Waals surface area (Å²) in [5.74, 6) is 0. The van der Waals surface area contributed by atoms with E-state index in [1.807, 2.05) is 0 Å². The summed E-state index contributed by atoms with van der Waals surface area (Å²) >= 11 is 0. The zero-order valence-corrected chi connectivity index (χ0v) is 27.5. The quantitative estimate of drug-likeness (QED) is 0.187. The van der Waals surface area contributed by atoms with Gasteiger partial charge in [-0.05, 0) is 84.6 Å². The van der Waals surface area contributed by atoms with E-state index >= 15 is 0 Å². The molecule has 50 heavy (non-hydrogen) atoms. The summed E-state index contributed by atoms with van der Waals surface area (Å²) in [5.41, 5.74) is 12.1. The van der Waals surface area contributed by atoms with Crippen LogP contribution in [0.5, 0.6) is 0 Å². The molecule has 3 aromatic heterocycles. The second-order valence-electron chi connectivity index (χ2n) is 13.4. The van der Waals surface area contributed by atoms with Gasteiger partial charge in [-0.15, -0.1) is 0 Å². The Balaban J connectivity index is 1.19. The molecule has 3 nitrogen and oxygen atoms in total. The first-order valence-corrected chi connectivity index (χ1v) is 17.3. The van der Waals surface area contributed by atoms with E-state index in [0.717, 1.165) is 17.1 Å². The van der Waals surface area contributed by atoms with Crippen LogP contribution >= 0.6 is 0 Å². The third-order valence-electron chi connectivity index (χ3n) is 10.7. The molecule has 0 unspecified atom stereocenters. The fraction of sp³-hybridized carbons (Fsp3) is 0.0213. The highest BCUT2D eigenvalue weighted by Crippen LogP contribution is 2.44. The van der Waals surface area contributed by atoms with E-state index in [9.17, 15) is 0 Å². The molecule has 0 N–H and O–H groups in total. The highest BCUT2D eigenvalue weighted by Gasteiger charge is 2.21. The maximum absolute atomic E-state index is 2.49. The number of hydrogen-bond donors (Lipinski definition) is 0. The highest BCUT2D eigenvalue weighted by molar-refractivity contribution is 6.27. The standard InChI is InChI=1S/C47H31N3/c1-30-12-5-8-19-42(30)48(32-13-3-2-4-14-32)33-23-25-34(26-24-33)49-43-20-9-6-16-36(43)39-27-22-31-28-41-38-18-11-17-37-35-15-7-10-21-44(35)50(46(37)38)45(41)29-40(31)47(39)49/h2-29H,1H3. The molecule has 0 fully saturated rings. The lowest BCUT2D eigenvalue weighted by Crippen LogP contribution is -2.11. The molecule has 0 atom stereocenters. The Bertz CT molecular complexity index is 3090. The molecule has 0 bridgehead atoms. The van der Waals surface area contributed by atoms with Crippen LogP contribution in [0.25, 0.3) is 76.4 Å². The van der Waals surface area contributed by atoms with E-state index in [-0.39, 0.29) is 0 Å². The fourth-order valence-corrected chi connectivity index (χ4v) is 8.54. The first-order valence-electron chi connectivity index (χ1n) is 17.3. The van der Waals surface area contributed by atoms with Crippen molar-refractivity contribution in [3.8, 4) is 5.69 Å². The Hall–Kier alpha value is -6.58. The lowest BCUT2D eigenvalue weighted by molar-refractivity contribution is 1.18. The third kappa shape index (κ3) is 3.69. The summed E-state index contributed by atoms with van der Waals surface area (Å²) in [4.78, 5) is 2.35. The van der Waals surface area contributed by atoms with Crippen LogP contribution in [0.4, 0.5) is 17.1 Å². The molecule has 0 saturated carbocycles. The minimum atomic E-state index is 1.12. The van der Waals surface area contributed by atoms with Crippen molar-refractivity contribution in [1.29, 1.82) is 0 Å². The fourth-order valence-electron chi connectivity index (χ4n) is 8.54. The number of benzene rings is 8. The van der Waals surface area contributed by atoms with Gasteiger partial charge in [0.1, 0.15) is 0 Å². The van der Waals surface area contributed by atoms with Crippen molar-refractivity contribution >= 4 is 87.7 Å². The van der Waals surface area contributed by atoms with Crippen molar-refractivity contribution in [2.75, 3.05) is 4.90 Å². The van der Waals surface area contributed by atoms with Crippen molar-refractivity contribution in [2.45, 2.75) is 6.92 Å². The topological polar surface area (TPSA) is 12.6 Å². The van der Waals surface area contributed by atoms with E-state index in [1.165, 1.54) is 81.9 Å². The Morgan fingerprint density at radius 2 is 1.02 bits per heavy atom. The lowest BCUT2D eigenvalue weighted by atomic mass is 10.0. The summed E-state index contributed by atoms with van der Waals surface area (Å²) in [6.07, 6.45) is 0. The van der Waals surface area contributed by atoms with Crippen molar-refractivity contribution in [1.82, 2.24) is 8.97 Å². The Morgan fingerprint density at radius 3 is 1.82 bits per heavy atom. The molecule has 8 aromatic carbocycles. The molecule has 0 radical (unpaired) electrons. The maximum Gasteiger partial charge on any atom is 0.0620 e. The summed E-state index contributed by atoms with van der Waals surface area (Å²) in [7, 11) is 0. The number of aryl methyl sites for hydroxylation is 1. The van der Waals surface area contributed by atoms with Crippen molar-refractivity contribution in [3.63, 3.8) is 0 Å². The molecule has 3 heteroatoms. The van der Waals surface area contributed by atoms with E-state index < -0.39 is 0 Å². The van der Waals surface area contributed by atoms with Gasteiger partial charge >= 0.3 is 0 Å². The van der Waals surface area contributed by atoms with Crippen molar-refractivity contribution in [2.24, 2.45) is 0 Å². The van der Waals surface area contributed by atoms with Gasteiger partial charge in [-0.3, -0.25) is 0 Å². The van der Waals surface area contributed by atoms with Gasteiger partial charge in [0.2, 0.25) is 0 Å². The number of hydrogen-bond acceptors (Lipinski definition) is 1. The van der Waals surface area contributed by atoms with E-state index in [2.05, 4.69) is 191 Å². The molecule has 0 aliphatic carbocycles. The second-order valence-corrected chi connectivity index (χ2v) is 13.4. The molecule has 11 aromatic rings. The van der Waals surface area contributed by atoms with Gasteiger partial charge in [0.15, 0.2) is 0 Å². The lowest BCUT2D eigenvalue weighted by Gasteiger charge is -2.27. The predicted molar refractivity (Wildman–Crippen MR) is 212 cm³/mol.